The van der Waals surface area contributed by atoms with Gasteiger partial charge in [0.2, 0.25) is 11.9 Å². The molecule has 1 aliphatic rings. The third-order valence-corrected chi connectivity index (χ3v) is 6.89. The molecule has 0 bridgehead atoms. The molecule has 2 aromatic rings. The van der Waals surface area contributed by atoms with Gasteiger partial charge in [-0.05, 0) is 6.42 Å². The molecule has 1 amide bonds. The number of aliphatic hydroxyl groups is 2. The number of hydrogen-bond acceptors (Lipinski definition) is 7. The van der Waals surface area contributed by atoms with Crippen molar-refractivity contribution in [3.8, 4) is 0 Å². The summed E-state index contributed by atoms with van der Waals surface area (Å²) in [6, 6.07) is 0. The molecule has 10 heteroatoms. The molecule has 0 radical (unpaired) electrons. The summed E-state index contributed by atoms with van der Waals surface area (Å²) in [5, 5.41) is 22.0. The summed E-state index contributed by atoms with van der Waals surface area (Å²) in [4.78, 5) is 35.8. The van der Waals surface area contributed by atoms with Crippen LogP contribution in [0.15, 0.2) is 11.1 Å². The summed E-state index contributed by atoms with van der Waals surface area (Å²) < 4.78 is 7.20. The molecular weight excluding hydrogens is 462 g/mol. The first kappa shape index (κ1) is 28.3. The van der Waals surface area contributed by atoms with Gasteiger partial charge in [-0.3, -0.25) is 24.5 Å². The Hall–Kier alpha value is -2.30. The minimum atomic E-state index is -0.820. The molecule has 4 N–H and O–H groups in total. The number of unbranched alkanes of at least 4 members (excludes halogenated alkanes) is 12. The summed E-state index contributed by atoms with van der Waals surface area (Å²) in [5.41, 5.74) is -0.0897. The fourth-order valence-corrected chi connectivity index (χ4v) is 4.74. The largest absolute Gasteiger partial charge is 0.394 e. The van der Waals surface area contributed by atoms with E-state index >= 15 is 0 Å². The first-order chi connectivity index (χ1) is 17.5. The molecule has 3 rings (SSSR count). The lowest BCUT2D eigenvalue weighted by atomic mass is 10.0. The number of aromatic amines is 1. The van der Waals surface area contributed by atoms with Gasteiger partial charge in [-0.25, -0.2) is 4.98 Å². The van der Waals surface area contributed by atoms with Gasteiger partial charge in [-0.1, -0.05) is 84.0 Å². The van der Waals surface area contributed by atoms with Crippen molar-refractivity contribution in [1.29, 1.82) is 0 Å². The first-order valence-corrected chi connectivity index (χ1v) is 13.7. The second-order valence-corrected chi connectivity index (χ2v) is 9.89. The van der Waals surface area contributed by atoms with Gasteiger partial charge in [-0.15, -0.1) is 0 Å². The van der Waals surface area contributed by atoms with Crippen LogP contribution < -0.4 is 10.9 Å². The van der Waals surface area contributed by atoms with Crippen molar-refractivity contribution in [2.45, 2.75) is 122 Å². The molecule has 0 aliphatic carbocycles. The smallest absolute Gasteiger partial charge is 0.280 e. The summed E-state index contributed by atoms with van der Waals surface area (Å²) in [7, 11) is 0. The van der Waals surface area contributed by atoms with Gasteiger partial charge in [0.05, 0.1) is 19.0 Å². The van der Waals surface area contributed by atoms with Crippen molar-refractivity contribution >= 4 is 23.0 Å². The number of nitrogens with one attached hydrogen (secondary N) is 2. The third kappa shape index (κ3) is 8.38. The van der Waals surface area contributed by atoms with E-state index in [-0.39, 0.29) is 36.0 Å². The zero-order chi connectivity index (χ0) is 25.8. The Labute approximate surface area is 212 Å². The molecule has 10 nitrogen and oxygen atoms in total. The molecule has 1 unspecified atom stereocenters. The normalized spacial score (nSPS) is 19.8. The molecule has 0 spiro atoms. The summed E-state index contributed by atoms with van der Waals surface area (Å²) in [6.45, 7) is 1.94. The van der Waals surface area contributed by atoms with Crippen LogP contribution in [0.4, 0.5) is 5.95 Å². The number of hydrogen-bond donors (Lipinski definition) is 4. The van der Waals surface area contributed by atoms with Crippen molar-refractivity contribution in [1.82, 2.24) is 19.5 Å². The summed E-state index contributed by atoms with van der Waals surface area (Å²) >= 11 is 0. The predicted molar refractivity (Wildman–Crippen MR) is 139 cm³/mol. The van der Waals surface area contributed by atoms with Crippen LogP contribution in [-0.4, -0.2) is 54.5 Å². The standard InChI is InChI=1S/C26H43N5O5/c1-2-3-4-5-6-7-8-9-10-11-12-13-14-15-21(34)28-26-29-24-23(25(35)30-26)27-18-31(24)22-16-19(33)20(17-32)36-22/h18-20,22,32-33H,2-17H2,1H3,(H2,28,29,30,34,35)/t19?,20-,22-/m1/s1. The maximum absolute atomic E-state index is 12.4. The molecule has 2 aromatic heterocycles. The van der Waals surface area contributed by atoms with Gasteiger partial charge in [-0.2, -0.15) is 4.98 Å². The van der Waals surface area contributed by atoms with E-state index in [9.17, 15) is 19.8 Å². The predicted octanol–water partition coefficient (Wildman–Crippen LogP) is 4.18. The van der Waals surface area contributed by atoms with Crippen LogP contribution in [0.2, 0.25) is 0 Å². The minimum absolute atomic E-state index is 0.0613. The first-order valence-electron chi connectivity index (χ1n) is 13.7. The summed E-state index contributed by atoms with van der Waals surface area (Å²) in [5.74, 6) is -0.134. The van der Waals surface area contributed by atoms with E-state index < -0.39 is 24.0 Å². The Morgan fingerprint density at radius 1 is 1.08 bits per heavy atom. The van der Waals surface area contributed by atoms with E-state index in [0.29, 0.717) is 6.42 Å². The number of H-pyrrole nitrogens is 1. The van der Waals surface area contributed by atoms with E-state index in [0.717, 1.165) is 19.3 Å². The second-order valence-electron chi connectivity index (χ2n) is 9.89. The highest BCUT2D eigenvalue weighted by atomic mass is 16.5. The average Bonchev–Trinajstić information content (AvgIpc) is 3.45. The van der Waals surface area contributed by atoms with Crippen molar-refractivity contribution < 1.29 is 19.7 Å². The van der Waals surface area contributed by atoms with Crippen molar-refractivity contribution in [3.05, 3.63) is 16.7 Å². The number of rotatable bonds is 17. The van der Waals surface area contributed by atoms with Crippen LogP contribution >= 0.6 is 0 Å². The zero-order valence-electron chi connectivity index (χ0n) is 21.6. The number of fused-ring (bicyclic) bond motifs is 1. The molecule has 1 saturated heterocycles. The van der Waals surface area contributed by atoms with E-state index in [4.69, 9.17) is 4.74 Å². The minimum Gasteiger partial charge on any atom is -0.394 e. The molecule has 202 valence electrons. The maximum Gasteiger partial charge on any atom is 0.280 e. The van der Waals surface area contributed by atoms with E-state index in [1.807, 2.05) is 0 Å². The summed E-state index contributed by atoms with van der Waals surface area (Å²) in [6.07, 6.45) is 16.1. The molecule has 3 heterocycles. The van der Waals surface area contributed by atoms with Gasteiger partial charge in [0, 0.05) is 12.8 Å². The number of ether oxygens (including phenoxy) is 1. The Bertz CT molecular complexity index is 991. The van der Waals surface area contributed by atoms with Crippen LogP contribution in [0, 0.1) is 0 Å². The fraction of sp³-hybridized carbons (Fsp3) is 0.769. The highest BCUT2D eigenvalue weighted by Gasteiger charge is 2.35. The fourth-order valence-electron chi connectivity index (χ4n) is 4.74. The van der Waals surface area contributed by atoms with Gasteiger partial charge in [0.1, 0.15) is 12.3 Å². The lowest BCUT2D eigenvalue weighted by Gasteiger charge is -2.13. The Morgan fingerprint density at radius 2 is 1.69 bits per heavy atom. The van der Waals surface area contributed by atoms with Crippen molar-refractivity contribution in [2.24, 2.45) is 0 Å². The number of carbonyl (C=O) groups excluding carboxylic acids is 1. The molecule has 1 aliphatic heterocycles. The zero-order valence-corrected chi connectivity index (χ0v) is 21.6. The number of imidazole rings is 1. The topological polar surface area (TPSA) is 142 Å². The van der Waals surface area contributed by atoms with Gasteiger partial charge in [0.25, 0.3) is 5.56 Å². The Balaban J connectivity index is 1.35. The van der Waals surface area contributed by atoms with Gasteiger partial charge in [0.15, 0.2) is 11.2 Å². The second kappa shape index (κ2) is 15.1. The van der Waals surface area contributed by atoms with E-state index in [1.165, 1.54) is 70.5 Å². The number of nitrogens with zero attached hydrogens (tertiary/aromatic N) is 3. The van der Waals surface area contributed by atoms with E-state index in [1.54, 1.807) is 4.57 Å². The molecule has 1 fully saturated rings. The molecule has 3 atom stereocenters. The average molecular weight is 506 g/mol. The monoisotopic (exact) mass is 505 g/mol. The van der Waals surface area contributed by atoms with Gasteiger partial charge < -0.3 is 14.9 Å². The van der Waals surface area contributed by atoms with Crippen LogP contribution in [0.3, 0.4) is 0 Å². The lowest BCUT2D eigenvalue weighted by Crippen LogP contribution is -2.24. The lowest BCUT2D eigenvalue weighted by molar-refractivity contribution is -0.116. The number of anilines is 1. The molecule has 36 heavy (non-hydrogen) atoms. The number of carbonyl (C=O) groups is 1. The quantitative estimate of drug-likeness (QED) is 0.236. The molecule has 0 saturated carbocycles. The van der Waals surface area contributed by atoms with Crippen LogP contribution in [0.5, 0.6) is 0 Å². The highest BCUT2D eigenvalue weighted by molar-refractivity contribution is 5.89. The van der Waals surface area contributed by atoms with Gasteiger partial charge >= 0.3 is 0 Å². The third-order valence-electron chi connectivity index (χ3n) is 6.89. The Kier molecular flexibility index (Phi) is 11.8. The van der Waals surface area contributed by atoms with Crippen LogP contribution in [0.1, 0.15) is 109 Å². The number of aliphatic hydroxyl groups excluding tert-OH is 2. The van der Waals surface area contributed by atoms with Crippen molar-refractivity contribution in [2.75, 3.05) is 11.9 Å². The van der Waals surface area contributed by atoms with Crippen LogP contribution in [0.25, 0.3) is 11.2 Å². The SMILES string of the molecule is CCCCCCCCCCCCCCCC(=O)Nc1nc2c(ncn2[C@H]2CC(O)[C@@H](CO)O2)c(=O)[nH]1. The molecular formula is C26H43N5O5. The molecule has 0 aromatic carbocycles. The maximum atomic E-state index is 12.4. The van der Waals surface area contributed by atoms with Crippen LogP contribution in [-0.2, 0) is 9.53 Å². The number of amides is 1. The highest BCUT2D eigenvalue weighted by Crippen LogP contribution is 2.30. The number of aromatic nitrogens is 4. The van der Waals surface area contributed by atoms with E-state index in [2.05, 4.69) is 27.2 Å². The Morgan fingerprint density at radius 3 is 2.28 bits per heavy atom. The van der Waals surface area contributed by atoms with Crippen molar-refractivity contribution in [3.63, 3.8) is 0 Å².